The number of amides is 1. The lowest BCUT2D eigenvalue weighted by Crippen LogP contribution is -2.31. The third-order valence-corrected chi connectivity index (χ3v) is 7.99. The van der Waals surface area contributed by atoms with Gasteiger partial charge in [0.1, 0.15) is 9.93 Å². The van der Waals surface area contributed by atoms with Crippen LogP contribution in [0.5, 0.6) is 0 Å². The van der Waals surface area contributed by atoms with E-state index in [9.17, 15) is 4.79 Å². The summed E-state index contributed by atoms with van der Waals surface area (Å²) in [5.41, 5.74) is 2.21. The van der Waals surface area contributed by atoms with Gasteiger partial charge in [0, 0.05) is 23.0 Å². The maximum Gasteiger partial charge on any atom is 0.269 e. The van der Waals surface area contributed by atoms with Crippen molar-refractivity contribution in [3.63, 3.8) is 0 Å². The van der Waals surface area contributed by atoms with Crippen molar-refractivity contribution < 1.29 is 4.79 Å². The molecule has 162 valence electrons. The molecule has 2 aromatic rings. The van der Waals surface area contributed by atoms with Gasteiger partial charge in [-0.3, -0.25) is 14.7 Å². The van der Waals surface area contributed by atoms with Crippen LogP contribution in [0.25, 0.3) is 0 Å². The highest BCUT2D eigenvalue weighted by molar-refractivity contribution is 8.19. The Labute approximate surface area is 197 Å². The van der Waals surface area contributed by atoms with Crippen LogP contribution >= 0.6 is 35.1 Å². The number of halogens is 1. The summed E-state index contributed by atoms with van der Waals surface area (Å²) in [6.45, 7) is 7.78. The largest absolute Gasteiger partial charge is 0.334 e. The van der Waals surface area contributed by atoms with E-state index in [2.05, 4.69) is 37.8 Å². The van der Waals surface area contributed by atoms with Crippen LogP contribution in [0, 0.1) is 0 Å². The Morgan fingerprint density at radius 1 is 1.06 bits per heavy atom. The Bertz CT molecular complexity index is 1040. The highest BCUT2D eigenvalue weighted by Crippen LogP contribution is 2.51. The van der Waals surface area contributed by atoms with Gasteiger partial charge in [0.05, 0.1) is 11.7 Å². The van der Waals surface area contributed by atoms with Crippen LogP contribution in [0.4, 0.5) is 5.69 Å². The van der Waals surface area contributed by atoms with Crippen molar-refractivity contribution in [1.82, 2.24) is 4.90 Å². The number of nitrogens with zero attached hydrogens (tertiary/aromatic N) is 3. The van der Waals surface area contributed by atoms with E-state index >= 15 is 0 Å². The second kappa shape index (κ2) is 9.72. The van der Waals surface area contributed by atoms with Crippen molar-refractivity contribution >= 4 is 51.9 Å². The summed E-state index contributed by atoms with van der Waals surface area (Å²) in [6, 6.07) is 16.1. The van der Waals surface area contributed by atoms with E-state index in [1.807, 2.05) is 41.3 Å². The van der Waals surface area contributed by atoms with Crippen LogP contribution < -0.4 is 4.90 Å². The number of hydrogen-bond acceptors (Lipinski definition) is 5. The second-order valence-electron chi connectivity index (χ2n) is 7.50. The quantitative estimate of drug-likeness (QED) is 0.428. The zero-order chi connectivity index (χ0) is 22.0. The minimum atomic E-state index is -0.0144. The number of carbonyl (C=O) groups is 1. The third kappa shape index (κ3) is 4.52. The van der Waals surface area contributed by atoms with Crippen LogP contribution in [0.2, 0.25) is 5.02 Å². The number of rotatable bonds is 6. The van der Waals surface area contributed by atoms with E-state index in [1.165, 1.54) is 11.8 Å². The van der Waals surface area contributed by atoms with E-state index in [4.69, 9.17) is 16.6 Å². The van der Waals surface area contributed by atoms with Gasteiger partial charge in [-0.15, -0.1) is 0 Å². The van der Waals surface area contributed by atoms with Crippen LogP contribution in [-0.4, -0.2) is 29.1 Å². The SMILES string of the molecule is CCCCN1C(=O)/C(=C2/Sc3ccc(Cl)cc3N2CC)SC1=N[C@H](C)c1ccccc1. The maximum atomic E-state index is 13.5. The molecule has 1 atom stereocenters. The molecule has 0 aliphatic carbocycles. The van der Waals surface area contributed by atoms with Gasteiger partial charge in [0.2, 0.25) is 0 Å². The van der Waals surface area contributed by atoms with Crippen molar-refractivity contribution in [1.29, 1.82) is 0 Å². The molecule has 2 aliphatic heterocycles. The average Bonchev–Trinajstić information content (AvgIpc) is 3.29. The van der Waals surface area contributed by atoms with Crippen LogP contribution in [0.1, 0.15) is 45.2 Å². The molecule has 0 N–H and O–H groups in total. The summed E-state index contributed by atoms with van der Waals surface area (Å²) in [6.07, 6.45) is 1.98. The molecule has 0 unspecified atom stereocenters. The van der Waals surface area contributed by atoms with Crippen molar-refractivity contribution in [3.05, 3.63) is 69.1 Å². The molecule has 2 aliphatic rings. The van der Waals surface area contributed by atoms with Gasteiger partial charge in [-0.05, 0) is 55.8 Å². The molecule has 1 saturated heterocycles. The van der Waals surface area contributed by atoms with Gasteiger partial charge in [0.25, 0.3) is 5.91 Å². The summed E-state index contributed by atoms with van der Waals surface area (Å²) < 4.78 is 0. The first-order valence-corrected chi connectivity index (χ1v) is 12.7. The van der Waals surface area contributed by atoms with Crippen LogP contribution in [0.15, 0.2) is 68.4 Å². The average molecular weight is 472 g/mol. The minimum absolute atomic E-state index is 0.0144. The smallest absolute Gasteiger partial charge is 0.269 e. The van der Waals surface area contributed by atoms with E-state index in [0.29, 0.717) is 11.6 Å². The van der Waals surface area contributed by atoms with E-state index in [0.717, 1.165) is 50.6 Å². The number of anilines is 1. The van der Waals surface area contributed by atoms with E-state index in [1.54, 1.807) is 11.8 Å². The van der Waals surface area contributed by atoms with Gasteiger partial charge < -0.3 is 4.90 Å². The standard InChI is InChI=1S/C24H26ClN3OS2/c1-4-6-14-28-22(29)21(31-24(28)26-16(3)17-10-8-7-9-11-17)23-27(5-2)19-15-18(25)12-13-20(19)30-23/h7-13,15-16H,4-6,14H2,1-3H3/b23-21-,26-24?/t16-/m1/s1. The summed E-state index contributed by atoms with van der Waals surface area (Å²) in [5.74, 6) is 0.0531. The zero-order valence-corrected chi connectivity index (χ0v) is 20.4. The molecular weight excluding hydrogens is 446 g/mol. The number of aliphatic imine (C=N–C) groups is 1. The van der Waals surface area contributed by atoms with Crippen LogP contribution in [0.3, 0.4) is 0 Å². The summed E-state index contributed by atoms with van der Waals surface area (Å²) in [7, 11) is 0. The molecule has 0 spiro atoms. The molecule has 1 amide bonds. The highest BCUT2D eigenvalue weighted by Gasteiger charge is 2.39. The molecule has 4 rings (SSSR count). The summed E-state index contributed by atoms with van der Waals surface area (Å²) in [4.78, 5) is 24.4. The lowest BCUT2D eigenvalue weighted by Gasteiger charge is -2.19. The Morgan fingerprint density at radius 3 is 2.55 bits per heavy atom. The molecule has 31 heavy (non-hydrogen) atoms. The third-order valence-electron chi connectivity index (χ3n) is 5.36. The van der Waals surface area contributed by atoms with Gasteiger partial charge in [-0.25, -0.2) is 0 Å². The predicted molar refractivity (Wildman–Crippen MR) is 134 cm³/mol. The minimum Gasteiger partial charge on any atom is -0.334 e. The maximum absolute atomic E-state index is 13.5. The first kappa shape index (κ1) is 22.3. The number of benzene rings is 2. The Hall–Kier alpha value is -1.89. The molecule has 4 nitrogen and oxygen atoms in total. The normalized spacial score (nSPS) is 20.6. The van der Waals surface area contributed by atoms with Crippen molar-refractivity contribution in [2.75, 3.05) is 18.0 Å². The van der Waals surface area contributed by atoms with E-state index in [-0.39, 0.29) is 11.9 Å². The van der Waals surface area contributed by atoms with Crippen LogP contribution in [-0.2, 0) is 4.79 Å². The fraction of sp³-hybridized carbons (Fsp3) is 0.333. The number of thioether (sulfide) groups is 2. The second-order valence-corrected chi connectivity index (χ2v) is 9.95. The lowest BCUT2D eigenvalue weighted by molar-refractivity contribution is -0.122. The topological polar surface area (TPSA) is 35.9 Å². The van der Waals surface area contributed by atoms with Crippen molar-refractivity contribution in [2.24, 2.45) is 4.99 Å². The molecule has 7 heteroatoms. The summed E-state index contributed by atoms with van der Waals surface area (Å²) >= 11 is 9.40. The number of unbranched alkanes of at least 4 members (excludes halogenated alkanes) is 1. The fourth-order valence-electron chi connectivity index (χ4n) is 3.66. The van der Waals surface area contributed by atoms with Gasteiger partial charge in [0.15, 0.2) is 5.17 Å². The lowest BCUT2D eigenvalue weighted by atomic mass is 10.1. The van der Waals surface area contributed by atoms with Gasteiger partial charge in [-0.1, -0.05) is 67.0 Å². The summed E-state index contributed by atoms with van der Waals surface area (Å²) in [5, 5.41) is 2.48. The van der Waals surface area contributed by atoms with Crippen molar-refractivity contribution in [2.45, 2.75) is 44.6 Å². The highest BCUT2D eigenvalue weighted by atomic mass is 35.5. The number of carbonyl (C=O) groups excluding carboxylic acids is 1. The molecule has 0 saturated carbocycles. The molecule has 2 heterocycles. The molecule has 0 aromatic heterocycles. The van der Waals surface area contributed by atoms with Gasteiger partial charge in [-0.2, -0.15) is 0 Å². The Kier molecular flexibility index (Phi) is 6.99. The Morgan fingerprint density at radius 2 is 1.84 bits per heavy atom. The molecule has 0 radical (unpaired) electrons. The Balaban J connectivity index is 1.71. The number of hydrogen-bond donors (Lipinski definition) is 0. The first-order chi connectivity index (χ1) is 15.0. The first-order valence-electron chi connectivity index (χ1n) is 10.6. The van der Waals surface area contributed by atoms with Gasteiger partial charge >= 0.3 is 0 Å². The number of amidine groups is 1. The van der Waals surface area contributed by atoms with E-state index < -0.39 is 0 Å². The molecule has 1 fully saturated rings. The monoisotopic (exact) mass is 471 g/mol. The predicted octanol–water partition coefficient (Wildman–Crippen LogP) is 6.93. The molecule has 2 aromatic carbocycles. The van der Waals surface area contributed by atoms with Crippen molar-refractivity contribution in [3.8, 4) is 0 Å². The number of fused-ring (bicyclic) bond motifs is 1. The molecular formula is C24H26ClN3OS2. The zero-order valence-electron chi connectivity index (χ0n) is 18.0. The molecule has 0 bridgehead atoms. The fourth-order valence-corrected chi connectivity index (χ4v) is 6.28.